The molecule has 2 N–H and O–H groups in total. The van der Waals surface area contributed by atoms with Gasteiger partial charge in [0.05, 0.1) is 5.69 Å². The average molecular weight is 245 g/mol. The van der Waals surface area contributed by atoms with Gasteiger partial charge in [-0.25, -0.2) is 4.98 Å². The summed E-state index contributed by atoms with van der Waals surface area (Å²) in [4.78, 5) is 10.3. The molecule has 88 valence electrons. The maximum absolute atomic E-state index is 5.82. The van der Waals surface area contributed by atoms with Crippen molar-refractivity contribution in [1.82, 2.24) is 9.97 Å². The number of nitrogens with zero attached hydrogens (tertiary/aromatic N) is 2. The Morgan fingerprint density at radius 1 is 1.47 bits per heavy atom. The molecular formula is C13H15N3S. The van der Waals surface area contributed by atoms with Gasteiger partial charge in [-0.2, -0.15) is 0 Å². The van der Waals surface area contributed by atoms with Crippen molar-refractivity contribution >= 4 is 11.3 Å². The third-order valence-corrected chi connectivity index (χ3v) is 4.44. The van der Waals surface area contributed by atoms with E-state index in [0.717, 1.165) is 17.0 Å². The Hall–Kier alpha value is -1.26. The Kier molecular flexibility index (Phi) is 2.91. The topological polar surface area (TPSA) is 51.8 Å². The minimum atomic E-state index is 0.459. The molecular weight excluding hydrogens is 230 g/mol. The summed E-state index contributed by atoms with van der Waals surface area (Å²) in [7, 11) is 0. The van der Waals surface area contributed by atoms with Crippen LogP contribution in [0.2, 0.25) is 0 Å². The fraction of sp³-hybridized carbons (Fsp3) is 0.385. The van der Waals surface area contributed by atoms with Crippen LogP contribution in [0.15, 0.2) is 24.5 Å². The van der Waals surface area contributed by atoms with Gasteiger partial charge in [0.15, 0.2) is 0 Å². The number of rotatable bonds is 2. The molecule has 2 aromatic rings. The Balaban J connectivity index is 2.02. The van der Waals surface area contributed by atoms with Crippen LogP contribution in [0.25, 0.3) is 10.6 Å². The van der Waals surface area contributed by atoms with Gasteiger partial charge < -0.3 is 5.73 Å². The van der Waals surface area contributed by atoms with E-state index in [9.17, 15) is 0 Å². The number of aryl methyl sites for hydroxylation is 1. The van der Waals surface area contributed by atoms with Crippen molar-refractivity contribution in [2.45, 2.75) is 25.2 Å². The maximum atomic E-state index is 5.82. The molecule has 1 aliphatic carbocycles. The van der Waals surface area contributed by atoms with E-state index in [1.165, 1.54) is 23.4 Å². The summed E-state index contributed by atoms with van der Waals surface area (Å²) in [6.07, 6.45) is 7.24. The van der Waals surface area contributed by atoms with Gasteiger partial charge in [-0.15, -0.1) is 11.3 Å². The molecule has 3 rings (SSSR count). The molecule has 0 aromatic carbocycles. The number of aromatic nitrogens is 2. The third-order valence-electron chi connectivity index (χ3n) is 3.26. The lowest BCUT2D eigenvalue weighted by atomic mass is 9.91. The van der Waals surface area contributed by atoms with Crippen LogP contribution in [0, 0.1) is 0 Å². The Morgan fingerprint density at radius 2 is 2.41 bits per heavy atom. The van der Waals surface area contributed by atoms with Crippen molar-refractivity contribution < 1.29 is 0 Å². The molecule has 17 heavy (non-hydrogen) atoms. The maximum Gasteiger partial charge on any atom is 0.125 e. The minimum absolute atomic E-state index is 0.459. The lowest BCUT2D eigenvalue weighted by Gasteiger charge is -2.18. The van der Waals surface area contributed by atoms with Crippen molar-refractivity contribution in [3.63, 3.8) is 0 Å². The van der Waals surface area contributed by atoms with E-state index < -0.39 is 0 Å². The standard InChI is InChI=1S/C13H15N3S/c14-7-9-3-1-5-11-12(9)16-13(17-11)10-4-2-6-15-8-10/h2,4,6,8-9H,1,3,5,7,14H2. The van der Waals surface area contributed by atoms with E-state index in [1.54, 1.807) is 17.5 Å². The Labute approximate surface area is 105 Å². The monoisotopic (exact) mass is 245 g/mol. The van der Waals surface area contributed by atoms with E-state index in [4.69, 9.17) is 10.7 Å². The van der Waals surface area contributed by atoms with Gasteiger partial charge in [-0.05, 0) is 31.4 Å². The highest BCUT2D eigenvalue weighted by atomic mass is 32.1. The predicted molar refractivity (Wildman–Crippen MR) is 70.1 cm³/mol. The van der Waals surface area contributed by atoms with Crippen molar-refractivity contribution in [3.8, 4) is 10.6 Å². The average Bonchev–Trinajstić information content (AvgIpc) is 2.83. The molecule has 2 aromatic heterocycles. The van der Waals surface area contributed by atoms with Crippen LogP contribution in [-0.2, 0) is 6.42 Å². The van der Waals surface area contributed by atoms with Crippen LogP contribution < -0.4 is 5.73 Å². The van der Waals surface area contributed by atoms with Crippen molar-refractivity contribution in [1.29, 1.82) is 0 Å². The predicted octanol–water partition coefficient (Wildman–Crippen LogP) is 2.58. The quantitative estimate of drug-likeness (QED) is 0.884. The van der Waals surface area contributed by atoms with Gasteiger partial charge in [0.2, 0.25) is 0 Å². The largest absolute Gasteiger partial charge is 0.330 e. The van der Waals surface area contributed by atoms with E-state index in [1.807, 2.05) is 12.3 Å². The first-order valence-corrected chi connectivity index (χ1v) is 6.80. The third kappa shape index (κ3) is 1.98. The van der Waals surface area contributed by atoms with Gasteiger partial charge in [0, 0.05) is 35.3 Å². The van der Waals surface area contributed by atoms with Crippen LogP contribution in [-0.4, -0.2) is 16.5 Å². The molecule has 1 unspecified atom stereocenters. The highest BCUT2D eigenvalue weighted by Gasteiger charge is 2.23. The van der Waals surface area contributed by atoms with Gasteiger partial charge >= 0.3 is 0 Å². The summed E-state index contributed by atoms with van der Waals surface area (Å²) in [5.41, 5.74) is 8.17. The van der Waals surface area contributed by atoms with Crippen LogP contribution in [0.4, 0.5) is 0 Å². The second-order valence-corrected chi connectivity index (χ2v) is 5.48. The van der Waals surface area contributed by atoms with Gasteiger partial charge in [-0.3, -0.25) is 4.98 Å². The normalized spacial score (nSPS) is 19.0. The molecule has 0 amide bonds. The molecule has 3 nitrogen and oxygen atoms in total. The summed E-state index contributed by atoms with van der Waals surface area (Å²) in [6.45, 7) is 0.712. The van der Waals surface area contributed by atoms with Crippen molar-refractivity contribution in [2.24, 2.45) is 5.73 Å². The zero-order valence-electron chi connectivity index (χ0n) is 9.60. The first-order chi connectivity index (χ1) is 8.38. The zero-order valence-corrected chi connectivity index (χ0v) is 10.4. The highest BCUT2D eigenvalue weighted by molar-refractivity contribution is 7.15. The summed E-state index contributed by atoms with van der Waals surface area (Å²) in [6, 6.07) is 4.02. The van der Waals surface area contributed by atoms with E-state index >= 15 is 0 Å². The van der Waals surface area contributed by atoms with Crippen LogP contribution in [0.1, 0.15) is 29.3 Å². The number of thiazole rings is 1. The summed E-state index contributed by atoms with van der Waals surface area (Å²) in [5, 5.41) is 1.09. The van der Waals surface area contributed by atoms with Crippen LogP contribution >= 0.6 is 11.3 Å². The lowest BCUT2D eigenvalue weighted by molar-refractivity contribution is 0.554. The van der Waals surface area contributed by atoms with E-state index in [0.29, 0.717) is 12.5 Å². The van der Waals surface area contributed by atoms with Gasteiger partial charge in [-0.1, -0.05) is 0 Å². The van der Waals surface area contributed by atoms with E-state index in [2.05, 4.69) is 11.1 Å². The molecule has 1 aliphatic rings. The molecule has 0 bridgehead atoms. The van der Waals surface area contributed by atoms with E-state index in [-0.39, 0.29) is 0 Å². The minimum Gasteiger partial charge on any atom is -0.330 e. The highest BCUT2D eigenvalue weighted by Crippen LogP contribution is 2.37. The summed E-state index contributed by atoms with van der Waals surface area (Å²) < 4.78 is 0. The van der Waals surface area contributed by atoms with Gasteiger partial charge in [0.1, 0.15) is 5.01 Å². The molecule has 4 heteroatoms. The Bertz CT molecular complexity index is 507. The summed E-state index contributed by atoms with van der Waals surface area (Å²) >= 11 is 1.80. The number of pyridine rings is 1. The smallest absolute Gasteiger partial charge is 0.125 e. The number of hydrogen-bond donors (Lipinski definition) is 1. The second-order valence-electron chi connectivity index (χ2n) is 4.39. The fourth-order valence-electron chi connectivity index (χ4n) is 2.35. The fourth-order valence-corrected chi connectivity index (χ4v) is 3.53. The molecule has 0 spiro atoms. The number of hydrogen-bond acceptors (Lipinski definition) is 4. The molecule has 0 saturated heterocycles. The molecule has 1 atom stereocenters. The summed E-state index contributed by atoms with van der Waals surface area (Å²) in [5.74, 6) is 0.459. The number of fused-ring (bicyclic) bond motifs is 1. The molecule has 0 aliphatic heterocycles. The first kappa shape index (κ1) is 10.9. The lowest BCUT2D eigenvalue weighted by Crippen LogP contribution is -2.17. The second kappa shape index (κ2) is 4.55. The SMILES string of the molecule is NCC1CCCc2sc(-c3cccnc3)nc21. The molecule has 0 saturated carbocycles. The molecule has 0 fully saturated rings. The number of nitrogens with two attached hydrogens (primary N) is 1. The first-order valence-electron chi connectivity index (χ1n) is 5.98. The molecule has 2 heterocycles. The zero-order chi connectivity index (χ0) is 11.7. The Morgan fingerprint density at radius 3 is 3.18 bits per heavy atom. The van der Waals surface area contributed by atoms with Crippen LogP contribution in [0.3, 0.4) is 0 Å². The van der Waals surface area contributed by atoms with Crippen molar-refractivity contribution in [3.05, 3.63) is 35.1 Å². The van der Waals surface area contributed by atoms with Crippen LogP contribution in [0.5, 0.6) is 0 Å². The molecule has 0 radical (unpaired) electrons. The van der Waals surface area contributed by atoms with Gasteiger partial charge in [0.25, 0.3) is 0 Å². The van der Waals surface area contributed by atoms with Crippen molar-refractivity contribution in [2.75, 3.05) is 6.54 Å².